The molecule has 0 unspecified atom stereocenters. The third-order valence-electron chi connectivity index (χ3n) is 5.15. The minimum atomic E-state index is -0.0652. The fourth-order valence-corrected chi connectivity index (χ4v) is 4.02. The fraction of sp³-hybridized carbons (Fsp3) is 0.381. The first-order valence-electron chi connectivity index (χ1n) is 9.93. The highest BCUT2D eigenvalue weighted by atomic mass is 32.1. The van der Waals surface area contributed by atoms with E-state index in [0.717, 1.165) is 44.0 Å². The van der Waals surface area contributed by atoms with Crippen LogP contribution in [0, 0.1) is 0 Å². The van der Waals surface area contributed by atoms with Crippen molar-refractivity contribution in [2.45, 2.75) is 19.8 Å². The van der Waals surface area contributed by atoms with Gasteiger partial charge in [0.2, 0.25) is 17.6 Å². The van der Waals surface area contributed by atoms with Gasteiger partial charge in [0.1, 0.15) is 0 Å². The number of carbonyl (C=O) groups is 1. The van der Waals surface area contributed by atoms with E-state index in [4.69, 9.17) is 4.52 Å². The zero-order valence-corrected chi connectivity index (χ0v) is 17.3. The molecule has 4 rings (SSSR count). The highest BCUT2D eigenvalue weighted by Crippen LogP contribution is 2.21. The highest BCUT2D eigenvalue weighted by molar-refractivity contribution is 7.08. The number of carbonyl (C=O) groups excluding carboxylic acids is 1. The molecule has 1 aromatic carbocycles. The van der Waals surface area contributed by atoms with Crippen molar-refractivity contribution in [2.75, 3.05) is 42.9 Å². The number of hydrogen-bond donors (Lipinski definition) is 1. The van der Waals surface area contributed by atoms with Gasteiger partial charge in [0.05, 0.1) is 0 Å². The van der Waals surface area contributed by atoms with Crippen LogP contribution in [0.15, 0.2) is 45.6 Å². The molecule has 1 aliphatic rings. The molecule has 152 valence electrons. The number of benzene rings is 1. The van der Waals surface area contributed by atoms with Crippen molar-refractivity contribution in [1.82, 2.24) is 15.0 Å². The number of rotatable bonds is 7. The van der Waals surface area contributed by atoms with Gasteiger partial charge in [-0.2, -0.15) is 16.3 Å². The number of amides is 1. The standard InChI is InChI=1S/C21H25N5O2S/c1-2-25-10-12-26(13-11-25)18-5-3-17(4-6-18)22-19(27)7-8-20-23-21(24-28-20)16-9-14-29-15-16/h3-6,9,14-15H,2,7-8,10-13H2,1H3,(H,22,27). The minimum Gasteiger partial charge on any atom is -0.369 e. The molecule has 0 aliphatic carbocycles. The summed E-state index contributed by atoms with van der Waals surface area (Å²) >= 11 is 1.58. The first-order chi connectivity index (χ1) is 14.2. The molecule has 2 aromatic heterocycles. The Bertz CT molecular complexity index is 915. The van der Waals surface area contributed by atoms with E-state index >= 15 is 0 Å². The number of likely N-dealkylation sites (N-methyl/N-ethyl adjacent to an activating group) is 1. The molecule has 0 saturated carbocycles. The number of aryl methyl sites for hydroxylation is 1. The predicted octanol–water partition coefficient (Wildman–Crippen LogP) is 3.51. The van der Waals surface area contributed by atoms with Crippen LogP contribution in [0.2, 0.25) is 0 Å². The Hall–Kier alpha value is -2.71. The average molecular weight is 412 g/mol. The number of nitrogens with zero attached hydrogens (tertiary/aromatic N) is 4. The van der Waals surface area contributed by atoms with Gasteiger partial charge in [-0.15, -0.1) is 0 Å². The van der Waals surface area contributed by atoms with E-state index in [1.54, 1.807) is 11.3 Å². The van der Waals surface area contributed by atoms with Crippen LogP contribution in [-0.2, 0) is 11.2 Å². The Morgan fingerprint density at radius 2 is 1.97 bits per heavy atom. The summed E-state index contributed by atoms with van der Waals surface area (Å²) in [5.74, 6) is 0.976. The summed E-state index contributed by atoms with van der Waals surface area (Å²) in [5, 5.41) is 10.8. The first kappa shape index (κ1) is 19.6. The highest BCUT2D eigenvalue weighted by Gasteiger charge is 2.16. The Labute approximate surface area is 174 Å². The third-order valence-corrected chi connectivity index (χ3v) is 5.83. The maximum atomic E-state index is 12.3. The Morgan fingerprint density at radius 3 is 2.66 bits per heavy atom. The molecular weight excluding hydrogens is 386 g/mol. The van der Waals surface area contributed by atoms with Crippen molar-refractivity contribution in [3.63, 3.8) is 0 Å². The van der Waals surface area contributed by atoms with Gasteiger partial charge < -0.3 is 19.6 Å². The molecule has 1 N–H and O–H groups in total. The third kappa shape index (κ3) is 5.02. The van der Waals surface area contributed by atoms with Gasteiger partial charge in [-0.1, -0.05) is 12.1 Å². The largest absolute Gasteiger partial charge is 0.369 e. The molecule has 1 aliphatic heterocycles. The van der Waals surface area contributed by atoms with E-state index in [9.17, 15) is 4.79 Å². The van der Waals surface area contributed by atoms with Crippen molar-refractivity contribution in [3.8, 4) is 11.4 Å². The van der Waals surface area contributed by atoms with Crippen molar-refractivity contribution in [2.24, 2.45) is 0 Å². The second-order valence-corrected chi connectivity index (χ2v) is 7.82. The Balaban J connectivity index is 1.25. The van der Waals surface area contributed by atoms with Crippen LogP contribution in [0.3, 0.4) is 0 Å². The molecule has 1 fully saturated rings. The van der Waals surface area contributed by atoms with Crippen LogP contribution < -0.4 is 10.2 Å². The van der Waals surface area contributed by atoms with E-state index in [1.165, 1.54) is 5.69 Å². The maximum absolute atomic E-state index is 12.3. The van der Waals surface area contributed by atoms with Crippen molar-refractivity contribution in [1.29, 1.82) is 0 Å². The summed E-state index contributed by atoms with van der Waals surface area (Å²) in [7, 11) is 0. The molecule has 29 heavy (non-hydrogen) atoms. The summed E-state index contributed by atoms with van der Waals surface area (Å²) in [6.07, 6.45) is 0.717. The monoisotopic (exact) mass is 411 g/mol. The van der Waals surface area contributed by atoms with Gasteiger partial charge >= 0.3 is 0 Å². The summed E-state index contributed by atoms with van der Waals surface area (Å²) in [6.45, 7) is 7.58. The van der Waals surface area contributed by atoms with E-state index in [0.29, 0.717) is 24.6 Å². The molecule has 0 bridgehead atoms. The van der Waals surface area contributed by atoms with Gasteiger partial charge in [-0.25, -0.2) is 0 Å². The topological polar surface area (TPSA) is 74.5 Å². The van der Waals surface area contributed by atoms with Crippen LogP contribution in [0.4, 0.5) is 11.4 Å². The number of hydrogen-bond acceptors (Lipinski definition) is 7. The Morgan fingerprint density at radius 1 is 1.17 bits per heavy atom. The average Bonchev–Trinajstić information content (AvgIpc) is 3.45. The lowest BCUT2D eigenvalue weighted by atomic mass is 10.2. The first-order valence-corrected chi connectivity index (χ1v) is 10.9. The van der Waals surface area contributed by atoms with Crippen LogP contribution in [0.1, 0.15) is 19.2 Å². The van der Waals surface area contributed by atoms with Crippen molar-refractivity contribution >= 4 is 28.6 Å². The molecule has 7 nitrogen and oxygen atoms in total. The van der Waals surface area contributed by atoms with Gasteiger partial charge in [0.25, 0.3) is 0 Å². The van der Waals surface area contributed by atoms with Crippen molar-refractivity contribution < 1.29 is 9.32 Å². The van der Waals surface area contributed by atoms with Crippen LogP contribution in [-0.4, -0.2) is 53.7 Å². The smallest absolute Gasteiger partial charge is 0.227 e. The molecular formula is C21H25N5O2S. The lowest BCUT2D eigenvalue weighted by Gasteiger charge is -2.35. The number of piperazine rings is 1. The van der Waals surface area contributed by atoms with Crippen LogP contribution >= 0.6 is 11.3 Å². The molecule has 3 aromatic rings. The molecule has 3 heterocycles. The van der Waals surface area contributed by atoms with Gasteiger partial charge in [0, 0.05) is 61.3 Å². The molecule has 0 radical (unpaired) electrons. The van der Waals surface area contributed by atoms with Crippen LogP contribution in [0.5, 0.6) is 0 Å². The van der Waals surface area contributed by atoms with E-state index < -0.39 is 0 Å². The van der Waals surface area contributed by atoms with Gasteiger partial charge in [0.15, 0.2) is 0 Å². The zero-order chi connectivity index (χ0) is 20.1. The summed E-state index contributed by atoms with van der Waals surface area (Å²) in [6, 6.07) is 10.0. The lowest BCUT2D eigenvalue weighted by molar-refractivity contribution is -0.116. The van der Waals surface area contributed by atoms with E-state index in [1.807, 2.05) is 29.0 Å². The molecule has 8 heteroatoms. The molecule has 0 atom stereocenters. The minimum absolute atomic E-state index is 0.0652. The lowest BCUT2D eigenvalue weighted by Crippen LogP contribution is -2.46. The molecule has 0 spiro atoms. The molecule has 1 saturated heterocycles. The van der Waals surface area contributed by atoms with Crippen molar-refractivity contribution in [3.05, 3.63) is 47.0 Å². The summed E-state index contributed by atoms with van der Waals surface area (Å²) in [5.41, 5.74) is 2.94. The van der Waals surface area contributed by atoms with Gasteiger partial charge in [-0.3, -0.25) is 4.79 Å². The zero-order valence-electron chi connectivity index (χ0n) is 16.5. The predicted molar refractivity (Wildman–Crippen MR) is 115 cm³/mol. The number of aromatic nitrogens is 2. The Kier molecular flexibility index (Phi) is 6.21. The second kappa shape index (κ2) is 9.19. The summed E-state index contributed by atoms with van der Waals surface area (Å²) < 4.78 is 5.24. The normalized spacial score (nSPS) is 14.9. The number of thiophene rings is 1. The van der Waals surface area contributed by atoms with Gasteiger partial charge in [-0.05, 0) is 42.3 Å². The number of anilines is 2. The van der Waals surface area contributed by atoms with E-state index in [-0.39, 0.29) is 5.91 Å². The quantitative estimate of drug-likeness (QED) is 0.641. The van der Waals surface area contributed by atoms with Crippen LogP contribution in [0.25, 0.3) is 11.4 Å². The summed E-state index contributed by atoms with van der Waals surface area (Å²) in [4.78, 5) is 21.5. The molecule has 1 amide bonds. The van der Waals surface area contributed by atoms with E-state index in [2.05, 4.69) is 44.3 Å². The fourth-order valence-electron chi connectivity index (χ4n) is 3.39. The maximum Gasteiger partial charge on any atom is 0.227 e. The SMILES string of the molecule is CCN1CCN(c2ccc(NC(=O)CCc3nc(-c4ccsc4)no3)cc2)CC1. The second-order valence-electron chi connectivity index (χ2n) is 7.04. The number of nitrogens with one attached hydrogen (secondary N) is 1.